The van der Waals surface area contributed by atoms with Crippen molar-refractivity contribution in [3.63, 3.8) is 0 Å². The van der Waals surface area contributed by atoms with E-state index in [-0.39, 0.29) is 4.90 Å². The van der Waals surface area contributed by atoms with Crippen LogP contribution in [0.4, 0.5) is 5.82 Å². The van der Waals surface area contributed by atoms with Crippen LogP contribution in [-0.4, -0.2) is 37.0 Å². The number of benzene rings is 2. The molecule has 2 aromatic carbocycles. The van der Waals surface area contributed by atoms with E-state index in [1.807, 2.05) is 54.6 Å². The summed E-state index contributed by atoms with van der Waals surface area (Å²) in [6.07, 6.45) is 2.99. The monoisotopic (exact) mass is 438 g/mol. The first-order valence-electron chi connectivity index (χ1n) is 10.0. The lowest BCUT2D eigenvalue weighted by Crippen LogP contribution is -2.30. The topological polar surface area (TPSA) is 83.9 Å². The molecule has 3 aromatic rings. The van der Waals surface area contributed by atoms with Gasteiger partial charge in [-0.05, 0) is 47.5 Å². The van der Waals surface area contributed by atoms with E-state index in [2.05, 4.69) is 15.5 Å². The highest BCUT2D eigenvalue weighted by Gasteiger charge is 2.21. The predicted octanol–water partition coefficient (Wildman–Crippen LogP) is 4.14. The lowest BCUT2D eigenvalue weighted by molar-refractivity contribution is 0.306. The number of rotatable bonds is 10. The van der Waals surface area contributed by atoms with Crippen LogP contribution in [0.5, 0.6) is 5.75 Å². The number of nitrogens with zero attached hydrogens (tertiary/aromatic N) is 3. The SMILES string of the molecule is CCN(CC)S(=O)(=O)c1ccc(N/N=C\c2ccc(OCc3ccccc3)cc2)nc1. The maximum Gasteiger partial charge on any atom is 0.244 e. The van der Waals surface area contributed by atoms with E-state index in [9.17, 15) is 8.42 Å². The minimum atomic E-state index is -3.52. The molecule has 31 heavy (non-hydrogen) atoms. The van der Waals surface area contributed by atoms with E-state index in [4.69, 9.17) is 4.74 Å². The Morgan fingerprint density at radius 2 is 1.71 bits per heavy atom. The number of nitrogens with one attached hydrogen (secondary N) is 1. The minimum absolute atomic E-state index is 0.164. The van der Waals surface area contributed by atoms with Gasteiger partial charge in [0.15, 0.2) is 0 Å². The third-order valence-electron chi connectivity index (χ3n) is 4.60. The second kappa shape index (κ2) is 10.7. The molecule has 0 fully saturated rings. The van der Waals surface area contributed by atoms with Crippen LogP contribution in [0.25, 0.3) is 0 Å². The molecule has 1 heterocycles. The van der Waals surface area contributed by atoms with Crippen molar-refractivity contribution in [3.05, 3.63) is 84.1 Å². The fourth-order valence-corrected chi connectivity index (χ4v) is 4.28. The molecule has 7 nitrogen and oxygen atoms in total. The van der Waals surface area contributed by atoms with Crippen molar-refractivity contribution in [1.82, 2.24) is 9.29 Å². The molecule has 0 radical (unpaired) electrons. The van der Waals surface area contributed by atoms with Gasteiger partial charge in [0.2, 0.25) is 10.0 Å². The highest BCUT2D eigenvalue weighted by atomic mass is 32.2. The zero-order valence-corrected chi connectivity index (χ0v) is 18.4. The third-order valence-corrected chi connectivity index (χ3v) is 6.63. The lowest BCUT2D eigenvalue weighted by atomic mass is 10.2. The first-order chi connectivity index (χ1) is 15.0. The summed E-state index contributed by atoms with van der Waals surface area (Å²) >= 11 is 0. The highest BCUT2D eigenvalue weighted by Crippen LogP contribution is 2.16. The maximum absolute atomic E-state index is 12.5. The van der Waals surface area contributed by atoms with Crippen molar-refractivity contribution >= 4 is 22.1 Å². The molecular weight excluding hydrogens is 412 g/mol. The summed E-state index contributed by atoms with van der Waals surface area (Å²) in [5, 5.41) is 4.16. The molecule has 0 saturated heterocycles. The number of hydrazone groups is 1. The average molecular weight is 439 g/mol. The largest absolute Gasteiger partial charge is 0.489 e. The van der Waals surface area contributed by atoms with Gasteiger partial charge in [-0.3, -0.25) is 5.43 Å². The van der Waals surface area contributed by atoms with Crippen molar-refractivity contribution in [1.29, 1.82) is 0 Å². The summed E-state index contributed by atoms with van der Waals surface area (Å²) in [5.74, 6) is 1.23. The molecule has 0 spiro atoms. The van der Waals surface area contributed by atoms with Crippen LogP contribution in [0.2, 0.25) is 0 Å². The molecule has 3 rings (SSSR count). The number of hydrogen-bond acceptors (Lipinski definition) is 6. The van der Waals surface area contributed by atoms with Crippen LogP contribution in [0, 0.1) is 0 Å². The highest BCUT2D eigenvalue weighted by molar-refractivity contribution is 7.89. The molecule has 1 N–H and O–H groups in total. The lowest BCUT2D eigenvalue weighted by Gasteiger charge is -2.18. The minimum Gasteiger partial charge on any atom is -0.489 e. The number of sulfonamides is 1. The summed E-state index contributed by atoms with van der Waals surface area (Å²) in [6, 6.07) is 20.7. The Balaban J connectivity index is 1.54. The van der Waals surface area contributed by atoms with E-state index in [0.29, 0.717) is 25.5 Å². The van der Waals surface area contributed by atoms with Crippen LogP contribution >= 0.6 is 0 Å². The Morgan fingerprint density at radius 3 is 2.32 bits per heavy atom. The zero-order valence-electron chi connectivity index (χ0n) is 17.6. The van der Waals surface area contributed by atoms with Gasteiger partial charge in [0.05, 0.1) is 6.21 Å². The summed E-state index contributed by atoms with van der Waals surface area (Å²) in [4.78, 5) is 4.31. The Morgan fingerprint density at radius 1 is 1.00 bits per heavy atom. The van der Waals surface area contributed by atoms with Crippen molar-refractivity contribution in [3.8, 4) is 5.75 Å². The first-order valence-corrected chi connectivity index (χ1v) is 11.5. The van der Waals surface area contributed by atoms with E-state index in [1.165, 1.54) is 16.6 Å². The third kappa shape index (κ3) is 6.13. The van der Waals surface area contributed by atoms with E-state index >= 15 is 0 Å². The van der Waals surface area contributed by atoms with Gasteiger partial charge in [-0.1, -0.05) is 44.2 Å². The van der Waals surface area contributed by atoms with Crippen molar-refractivity contribution in [2.45, 2.75) is 25.3 Å². The van der Waals surface area contributed by atoms with Crippen molar-refractivity contribution < 1.29 is 13.2 Å². The molecule has 0 aliphatic carbocycles. The number of aromatic nitrogens is 1. The van der Waals surface area contributed by atoms with Crippen LogP contribution in [0.15, 0.2) is 82.9 Å². The number of ether oxygens (including phenoxy) is 1. The van der Waals surface area contributed by atoms with Crippen LogP contribution in [0.1, 0.15) is 25.0 Å². The quantitative estimate of drug-likeness (QED) is 0.380. The fraction of sp³-hybridized carbons (Fsp3) is 0.217. The van der Waals surface area contributed by atoms with Gasteiger partial charge in [0.25, 0.3) is 0 Å². The molecule has 0 aliphatic rings. The van der Waals surface area contributed by atoms with Gasteiger partial charge in [-0.2, -0.15) is 9.41 Å². The van der Waals surface area contributed by atoms with Gasteiger partial charge in [-0.15, -0.1) is 0 Å². The molecule has 0 aliphatic heterocycles. The fourth-order valence-electron chi connectivity index (χ4n) is 2.88. The van der Waals surface area contributed by atoms with E-state index in [0.717, 1.165) is 16.9 Å². The van der Waals surface area contributed by atoms with Crippen LogP contribution in [0.3, 0.4) is 0 Å². The second-order valence-corrected chi connectivity index (χ2v) is 8.62. The van der Waals surface area contributed by atoms with Crippen molar-refractivity contribution in [2.24, 2.45) is 5.10 Å². The van der Waals surface area contributed by atoms with Gasteiger partial charge in [0, 0.05) is 19.3 Å². The number of pyridine rings is 1. The molecular formula is C23H26N4O3S. The number of anilines is 1. The Labute approximate surface area is 183 Å². The molecule has 0 saturated carbocycles. The summed E-state index contributed by atoms with van der Waals surface area (Å²) in [6.45, 7) is 4.96. The normalized spacial score (nSPS) is 11.7. The summed E-state index contributed by atoms with van der Waals surface area (Å²) in [5.41, 5.74) is 4.81. The Hall–Kier alpha value is -3.23. The van der Waals surface area contributed by atoms with E-state index < -0.39 is 10.0 Å². The molecule has 0 unspecified atom stereocenters. The molecule has 0 atom stereocenters. The van der Waals surface area contributed by atoms with Crippen LogP contribution < -0.4 is 10.2 Å². The Bertz CT molecular complexity index is 1080. The van der Waals surface area contributed by atoms with Gasteiger partial charge >= 0.3 is 0 Å². The molecule has 1 aromatic heterocycles. The smallest absolute Gasteiger partial charge is 0.244 e. The average Bonchev–Trinajstić information content (AvgIpc) is 2.80. The summed E-state index contributed by atoms with van der Waals surface area (Å²) < 4.78 is 32.1. The van der Waals surface area contributed by atoms with Crippen LogP contribution in [-0.2, 0) is 16.6 Å². The predicted molar refractivity (Wildman–Crippen MR) is 123 cm³/mol. The standard InChI is InChI=1S/C23H26N4O3S/c1-3-27(4-2)31(28,29)22-14-15-23(24-17-22)26-25-16-19-10-12-21(13-11-19)30-18-20-8-6-5-7-9-20/h5-17H,3-4,18H2,1-2H3,(H,24,26)/b25-16-. The molecule has 162 valence electrons. The molecule has 8 heteroatoms. The van der Waals surface area contributed by atoms with Crippen molar-refractivity contribution in [2.75, 3.05) is 18.5 Å². The second-order valence-electron chi connectivity index (χ2n) is 6.68. The van der Waals surface area contributed by atoms with E-state index in [1.54, 1.807) is 26.1 Å². The van der Waals surface area contributed by atoms with Gasteiger partial charge in [0.1, 0.15) is 23.1 Å². The molecule has 0 amide bonds. The van der Waals surface area contributed by atoms with Gasteiger partial charge in [-0.25, -0.2) is 13.4 Å². The zero-order chi connectivity index (χ0) is 22.1. The number of hydrogen-bond donors (Lipinski definition) is 1. The Kier molecular flexibility index (Phi) is 7.75. The first kappa shape index (κ1) is 22.5. The van der Waals surface area contributed by atoms with Gasteiger partial charge < -0.3 is 4.74 Å². The molecule has 0 bridgehead atoms. The maximum atomic E-state index is 12.5. The summed E-state index contributed by atoms with van der Waals surface area (Å²) in [7, 11) is -3.52.